The van der Waals surface area contributed by atoms with Crippen molar-refractivity contribution in [2.24, 2.45) is 0 Å². The first-order valence-corrected chi connectivity index (χ1v) is 9.53. The van der Waals surface area contributed by atoms with Gasteiger partial charge in [-0.15, -0.1) is 6.42 Å². The van der Waals surface area contributed by atoms with E-state index in [1.165, 1.54) is 11.0 Å². The van der Waals surface area contributed by atoms with E-state index in [0.29, 0.717) is 25.3 Å². The highest BCUT2D eigenvalue weighted by Gasteiger charge is 2.18. The maximum absolute atomic E-state index is 14.0. The number of rotatable bonds is 13. The lowest BCUT2D eigenvalue weighted by molar-refractivity contribution is -0.917. The number of nitrogens with zero attached hydrogens (tertiary/aromatic N) is 1. The van der Waals surface area contributed by atoms with Gasteiger partial charge < -0.3 is 24.0 Å². The largest absolute Gasteiger partial charge is 0.385 e. The second kappa shape index (κ2) is 12.3. The molecule has 0 aliphatic heterocycles. The summed E-state index contributed by atoms with van der Waals surface area (Å²) >= 11 is 0. The average molecular weight is 389 g/mol. The van der Waals surface area contributed by atoms with Gasteiger partial charge in [-0.2, -0.15) is 0 Å². The highest BCUT2D eigenvalue weighted by Crippen LogP contribution is 2.11. The first-order valence-electron chi connectivity index (χ1n) is 9.53. The lowest BCUT2D eigenvalue weighted by Gasteiger charge is -2.23. The Hall–Kier alpha value is -2.17. The Balaban J connectivity index is 2.01. The first kappa shape index (κ1) is 22.1. The predicted octanol–water partition coefficient (Wildman–Crippen LogP) is 1.11. The van der Waals surface area contributed by atoms with Crippen LogP contribution in [-0.4, -0.2) is 55.8 Å². The molecule has 5 nitrogen and oxygen atoms in total. The van der Waals surface area contributed by atoms with Crippen LogP contribution in [0.25, 0.3) is 0 Å². The molecule has 1 heterocycles. The number of aliphatic hydroxyl groups excluding tert-OH is 1. The zero-order chi connectivity index (χ0) is 20.2. The number of ether oxygens (including phenoxy) is 2. The number of aromatic nitrogens is 1. The molecule has 2 rings (SSSR count). The number of terminal acetylenes is 1. The monoisotopic (exact) mass is 389 g/mol. The Morgan fingerprint density at radius 1 is 1.29 bits per heavy atom. The predicted molar refractivity (Wildman–Crippen MR) is 106 cm³/mol. The van der Waals surface area contributed by atoms with Crippen molar-refractivity contribution in [3.05, 3.63) is 59.7 Å². The van der Waals surface area contributed by atoms with Crippen molar-refractivity contribution in [3.63, 3.8) is 0 Å². The van der Waals surface area contributed by atoms with Crippen molar-refractivity contribution in [1.29, 1.82) is 0 Å². The number of hydrogen-bond donors (Lipinski definition) is 2. The first-order chi connectivity index (χ1) is 13.6. The Morgan fingerprint density at radius 3 is 2.86 bits per heavy atom. The van der Waals surface area contributed by atoms with Gasteiger partial charge in [-0.05, 0) is 18.2 Å². The average Bonchev–Trinajstić information content (AvgIpc) is 3.10. The van der Waals surface area contributed by atoms with Crippen LogP contribution < -0.4 is 4.90 Å². The molecule has 0 spiro atoms. The molecule has 152 valence electrons. The van der Waals surface area contributed by atoms with E-state index in [1.54, 1.807) is 19.2 Å². The van der Waals surface area contributed by atoms with Gasteiger partial charge in [0.15, 0.2) is 0 Å². The molecule has 1 aromatic carbocycles. The minimum absolute atomic E-state index is 0.196. The molecule has 1 aromatic heterocycles. The molecule has 0 aliphatic rings. The Labute approximate surface area is 166 Å². The minimum atomic E-state index is -0.596. The maximum Gasteiger partial charge on any atom is 0.128 e. The van der Waals surface area contributed by atoms with Crippen molar-refractivity contribution in [1.82, 2.24) is 4.57 Å². The molecule has 0 saturated heterocycles. The third kappa shape index (κ3) is 7.45. The number of quaternary nitrogens is 1. The van der Waals surface area contributed by atoms with Crippen LogP contribution in [0.4, 0.5) is 4.39 Å². The summed E-state index contributed by atoms with van der Waals surface area (Å²) in [5, 5.41) is 10.3. The maximum atomic E-state index is 14.0. The smallest absolute Gasteiger partial charge is 0.128 e. The molecule has 2 aromatic rings. The van der Waals surface area contributed by atoms with Crippen LogP contribution in [-0.2, 0) is 22.6 Å². The fourth-order valence-corrected chi connectivity index (χ4v) is 3.21. The molecule has 0 fully saturated rings. The van der Waals surface area contributed by atoms with E-state index in [2.05, 4.69) is 10.5 Å². The van der Waals surface area contributed by atoms with Crippen molar-refractivity contribution in [2.45, 2.75) is 25.6 Å². The number of methoxy groups -OCH3 is 1. The van der Waals surface area contributed by atoms with Gasteiger partial charge in [0.05, 0.1) is 32.0 Å². The summed E-state index contributed by atoms with van der Waals surface area (Å²) in [5.41, 5.74) is 1.75. The molecule has 28 heavy (non-hydrogen) atoms. The minimum Gasteiger partial charge on any atom is -0.385 e. The summed E-state index contributed by atoms with van der Waals surface area (Å²) < 4.78 is 26.5. The van der Waals surface area contributed by atoms with E-state index in [1.807, 2.05) is 24.4 Å². The molecular formula is C22H30FN2O3+. The van der Waals surface area contributed by atoms with Crippen molar-refractivity contribution < 1.29 is 23.9 Å². The molecular weight excluding hydrogens is 359 g/mol. The van der Waals surface area contributed by atoms with E-state index >= 15 is 0 Å². The van der Waals surface area contributed by atoms with Crippen LogP contribution in [0.5, 0.6) is 0 Å². The number of nitrogens with one attached hydrogen (secondary N) is 1. The van der Waals surface area contributed by atoms with E-state index in [4.69, 9.17) is 15.9 Å². The van der Waals surface area contributed by atoms with Crippen LogP contribution in [0.3, 0.4) is 0 Å². The SMILES string of the molecule is C#CCOC[C@@H](O)C[NH+](CCCOC)Cc1cccn1Cc1ccccc1F. The van der Waals surface area contributed by atoms with Crippen molar-refractivity contribution >= 4 is 0 Å². The Kier molecular flexibility index (Phi) is 9.73. The number of hydrogen-bond acceptors (Lipinski definition) is 3. The molecule has 0 radical (unpaired) electrons. The van der Waals surface area contributed by atoms with E-state index < -0.39 is 6.10 Å². The Bertz CT molecular complexity index is 741. The lowest BCUT2D eigenvalue weighted by Crippen LogP contribution is -3.12. The summed E-state index contributed by atoms with van der Waals surface area (Å²) in [6, 6.07) is 10.8. The zero-order valence-electron chi connectivity index (χ0n) is 16.4. The second-order valence-corrected chi connectivity index (χ2v) is 6.82. The zero-order valence-corrected chi connectivity index (χ0v) is 16.4. The van der Waals surface area contributed by atoms with Crippen LogP contribution in [0.2, 0.25) is 0 Å². The second-order valence-electron chi connectivity index (χ2n) is 6.82. The van der Waals surface area contributed by atoms with Crippen LogP contribution in [0, 0.1) is 18.2 Å². The number of halogens is 1. The van der Waals surface area contributed by atoms with Gasteiger partial charge in [0.1, 0.15) is 31.6 Å². The summed E-state index contributed by atoms with van der Waals surface area (Å²) in [5.74, 6) is 2.20. The molecule has 2 atom stereocenters. The van der Waals surface area contributed by atoms with E-state index in [9.17, 15) is 9.50 Å². The van der Waals surface area contributed by atoms with Gasteiger partial charge in [-0.25, -0.2) is 4.39 Å². The fourth-order valence-electron chi connectivity index (χ4n) is 3.21. The Morgan fingerprint density at radius 2 is 2.11 bits per heavy atom. The normalized spacial score (nSPS) is 13.2. The van der Waals surface area contributed by atoms with E-state index in [0.717, 1.165) is 25.2 Å². The molecule has 2 N–H and O–H groups in total. The number of benzene rings is 1. The molecule has 0 amide bonds. The van der Waals surface area contributed by atoms with Gasteiger partial charge in [-0.3, -0.25) is 0 Å². The topological polar surface area (TPSA) is 48.1 Å². The third-order valence-electron chi connectivity index (χ3n) is 4.55. The summed E-state index contributed by atoms with van der Waals surface area (Å²) in [6.45, 7) is 3.68. The summed E-state index contributed by atoms with van der Waals surface area (Å²) in [6.07, 6.45) is 7.42. The lowest BCUT2D eigenvalue weighted by atomic mass is 10.2. The van der Waals surface area contributed by atoms with Crippen molar-refractivity contribution in [3.8, 4) is 12.3 Å². The van der Waals surface area contributed by atoms with Crippen LogP contribution in [0.15, 0.2) is 42.6 Å². The van der Waals surface area contributed by atoms with E-state index in [-0.39, 0.29) is 19.0 Å². The highest BCUT2D eigenvalue weighted by molar-refractivity contribution is 5.19. The highest BCUT2D eigenvalue weighted by atomic mass is 19.1. The quantitative estimate of drug-likeness (QED) is 0.399. The third-order valence-corrected chi connectivity index (χ3v) is 4.55. The summed E-state index contributed by atoms with van der Waals surface area (Å²) in [4.78, 5) is 1.21. The summed E-state index contributed by atoms with van der Waals surface area (Å²) in [7, 11) is 1.68. The molecule has 1 unspecified atom stereocenters. The van der Waals surface area contributed by atoms with Crippen LogP contribution >= 0.6 is 0 Å². The van der Waals surface area contributed by atoms with Gasteiger partial charge in [-0.1, -0.05) is 24.1 Å². The fraction of sp³-hybridized carbons (Fsp3) is 0.455. The molecule has 0 saturated carbocycles. The van der Waals surface area contributed by atoms with Gasteiger partial charge >= 0.3 is 0 Å². The molecule has 0 aliphatic carbocycles. The van der Waals surface area contributed by atoms with Gasteiger partial charge in [0.25, 0.3) is 0 Å². The van der Waals surface area contributed by atoms with Crippen molar-refractivity contribution in [2.75, 3.05) is 40.0 Å². The van der Waals surface area contributed by atoms with Gasteiger partial charge in [0, 0.05) is 25.3 Å². The number of aliphatic hydroxyl groups is 1. The molecule has 6 heteroatoms. The molecule has 0 bridgehead atoms. The van der Waals surface area contributed by atoms with Gasteiger partial charge in [0.2, 0.25) is 0 Å². The van der Waals surface area contributed by atoms with Crippen LogP contribution in [0.1, 0.15) is 17.7 Å². The standard InChI is InChI=1S/C22H29FN2O3/c1-3-13-28-18-21(26)17-24(11-7-14-27-2)16-20-9-6-12-25(20)15-19-8-4-5-10-22(19)23/h1,4-6,8-10,12,21,26H,7,11,13-18H2,2H3/p+1/t21-/m0/s1.